The van der Waals surface area contributed by atoms with Crippen LogP contribution in [0, 0.1) is 0 Å². The molecule has 0 rings (SSSR count). The average molecular weight is 845 g/mol. The molecule has 0 spiro atoms. The van der Waals surface area contributed by atoms with Crippen LogP contribution in [0.4, 0.5) is 0 Å². The van der Waals surface area contributed by atoms with E-state index >= 15 is 0 Å². The van der Waals surface area contributed by atoms with Crippen molar-refractivity contribution in [3.8, 4) is 0 Å². The molecule has 0 aliphatic carbocycles. The first-order valence-electron chi connectivity index (χ1n) is 24.9. The van der Waals surface area contributed by atoms with Gasteiger partial charge in [-0.15, -0.1) is 0 Å². The Labute approximate surface area is 358 Å². The minimum atomic E-state index is -4.40. The second-order valence-corrected chi connectivity index (χ2v) is 18.7. The van der Waals surface area contributed by atoms with E-state index in [-0.39, 0.29) is 19.6 Å². The summed E-state index contributed by atoms with van der Waals surface area (Å²) in [5, 5.41) is 24.2. The number of nitrogens with one attached hydrogen (secondary N) is 1. The zero-order valence-corrected chi connectivity index (χ0v) is 39.1. The van der Waals surface area contributed by atoms with E-state index in [0.29, 0.717) is 6.42 Å². The molecule has 9 nitrogen and oxygen atoms in total. The molecule has 0 radical (unpaired) electrons. The van der Waals surface area contributed by atoms with Crippen LogP contribution >= 0.6 is 7.82 Å². The van der Waals surface area contributed by atoms with Crippen LogP contribution in [0.1, 0.15) is 251 Å². The number of carbonyl (C=O) groups excluding carboxylic acids is 1. The van der Waals surface area contributed by atoms with Crippen molar-refractivity contribution in [3.05, 3.63) is 12.2 Å². The highest BCUT2D eigenvalue weighted by Crippen LogP contribution is 2.43. The second-order valence-electron chi connectivity index (χ2n) is 17.2. The number of carbonyl (C=O) groups is 1. The molecule has 0 aromatic carbocycles. The van der Waals surface area contributed by atoms with Gasteiger partial charge in [0.2, 0.25) is 5.91 Å². The maximum atomic E-state index is 12.9. The highest BCUT2D eigenvalue weighted by Gasteiger charge is 2.27. The van der Waals surface area contributed by atoms with Gasteiger partial charge in [-0.1, -0.05) is 238 Å². The van der Waals surface area contributed by atoms with Crippen molar-refractivity contribution < 1.29 is 33.5 Å². The summed E-state index contributed by atoms with van der Waals surface area (Å²) in [6, 6.07) is -0.978. The molecule has 10 heteroatoms. The van der Waals surface area contributed by atoms with Crippen LogP contribution in [0.3, 0.4) is 0 Å². The fourth-order valence-electron chi connectivity index (χ4n) is 7.65. The Morgan fingerprint density at radius 1 is 0.586 bits per heavy atom. The number of phosphoric acid groups is 1. The molecular weight excluding hydrogens is 748 g/mol. The molecule has 0 heterocycles. The van der Waals surface area contributed by atoms with Crippen molar-refractivity contribution in [1.29, 1.82) is 0 Å². The van der Waals surface area contributed by atoms with Crippen LogP contribution in [0.2, 0.25) is 0 Å². The predicted molar refractivity (Wildman–Crippen MR) is 246 cm³/mol. The highest BCUT2D eigenvalue weighted by molar-refractivity contribution is 7.47. The predicted octanol–water partition coefficient (Wildman–Crippen LogP) is 13.3. The third kappa shape index (κ3) is 41.9. The van der Waals surface area contributed by atoms with Crippen molar-refractivity contribution in [3.63, 3.8) is 0 Å². The smallest absolute Gasteiger partial charge is 0.393 e. The lowest BCUT2D eigenvalue weighted by molar-refractivity contribution is -0.124. The SMILES string of the molecule is CCCCCCCCCCCCCCCCCC/C=C/C(O)C(COP(=O)(O)OCCN)NC(=O)CC(O)CCCCCCCCCCCCCCCCCCCC. The monoisotopic (exact) mass is 845 g/mol. The van der Waals surface area contributed by atoms with E-state index in [1.54, 1.807) is 6.08 Å². The van der Waals surface area contributed by atoms with Crippen molar-refractivity contribution >= 4 is 13.7 Å². The summed E-state index contributed by atoms with van der Waals surface area (Å²) in [5.41, 5.74) is 5.38. The molecule has 0 aliphatic heterocycles. The van der Waals surface area contributed by atoms with Crippen molar-refractivity contribution in [2.75, 3.05) is 19.8 Å². The van der Waals surface area contributed by atoms with Crippen LogP contribution in [-0.4, -0.2) is 59.0 Å². The van der Waals surface area contributed by atoms with Gasteiger partial charge in [-0.3, -0.25) is 13.8 Å². The minimum Gasteiger partial charge on any atom is -0.393 e. The van der Waals surface area contributed by atoms with E-state index in [4.69, 9.17) is 14.8 Å². The fraction of sp³-hybridized carbons (Fsp3) is 0.938. The van der Waals surface area contributed by atoms with E-state index in [1.165, 1.54) is 186 Å². The molecule has 58 heavy (non-hydrogen) atoms. The quantitative estimate of drug-likeness (QED) is 0.0231. The molecule has 1 amide bonds. The first kappa shape index (κ1) is 57.2. The topological polar surface area (TPSA) is 151 Å². The maximum Gasteiger partial charge on any atom is 0.472 e. The Kier molecular flexibility index (Phi) is 43.7. The van der Waals surface area contributed by atoms with E-state index in [2.05, 4.69) is 19.2 Å². The number of nitrogens with two attached hydrogens (primary N) is 1. The molecule has 0 saturated carbocycles. The molecule has 0 aromatic rings. The van der Waals surface area contributed by atoms with Crippen LogP contribution in [0.5, 0.6) is 0 Å². The van der Waals surface area contributed by atoms with Gasteiger partial charge in [0.05, 0.1) is 37.9 Å². The average Bonchev–Trinajstić information content (AvgIpc) is 3.20. The highest BCUT2D eigenvalue weighted by atomic mass is 31.2. The van der Waals surface area contributed by atoms with Gasteiger partial charge in [0, 0.05) is 6.54 Å². The van der Waals surface area contributed by atoms with Gasteiger partial charge in [-0.2, -0.15) is 0 Å². The number of aliphatic hydroxyl groups excluding tert-OH is 2. The van der Waals surface area contributed by atoms with E-state index in [9.17, 15) is 24.5 Å². The number of amides is 1. The lowest BCUT2D eigenvalue weighted by Gasteiger charge is -2.24. The molecule has 0 saturated heterocycles. The van der Waals surface area contributed by atoms with Crippen LogP contribution in [-0.2, 0) is 18.4 Å². The molecule has 6 N–H and O–H groups in total. The number of hydrogen-bond donors (Lipinski definition) is 5. The number of rotatable bonds is 47. The van der Waals surface area contributed by atoms with Crippen molar-refractivity contribution in [1.82, 2.24) is 5.32 Å². The molecule has 4 unspecified atom stereocenters. The van der Waals surface area contributed by atoms with Gasteiger partial charge >= 0.3 is 7.82 Å². The first-order valence-corrected chi connectivity index (χ1v) is 26.4. The summed E-state index contributed by atoms with van der Waals surface area (Å²) >= 11 is 0. The largest absolute Gasteiger partial charge is 0.472 e. The molecule has 0 bridgehead atoms. The summed E-state index contributed by atoms with van der Waals surface area (Å²) in [5.74, 6) is -0.440. The Hall–Kier alpha value is -0.800. The van der Waals surface area contributed by atoms with Gasteiger partial charge in [-0.05, 0) is 19.3 Å². The molecular formula is C48H97N2O7P. The third-order valence-corrected chi connectivity index (χ3v) is 12.4. The summed E-state index contributed by atoms with van der Waals surface area (Å²) < 4.78 is 22.2. The normalized spacial score (nSPS) is 14.5. The summed E-state index contributed by atoms with van der Waals surface area (Å²) in [6.45, 7) is 4.01. The summed E-state index contributed by atoms with van der Waals surface area (Å²) in [4.78, 5) is 22.8. The van der Waals surface area contributed by atoms with E-state index in [1.807, 2.05) is 6.08 Å². The Balaban J connectivity index is 4.20. The van der Waals surface area contributed by atoms with E-state index < -0.39 is 38.6 Å². The van der Waals surface area contributed by atoms with Gasteiger partial charge < -0.3 is 26.2 Å². The van der Waals surface area contributed by atoms with E-state index in [0.717, 1.165) is 38.5 Å². The number of unbranched alkanes of at least 4 members (excludes halogenated alkanes) is 33. The molecule has 346 valence electrons. The standard InChI is InChI=1S/C48H97N2O7P/c1-3-5-7-9-11-13-15-17-19-21-23-25-27-29-31-33-35-37-39-45(51)43-48(53)50-46(44-57-58(54,55)56-42-41-49)47(52)40-38-36-34-32-30-28-26-24-22-20-18-16-14-12-10-8-6-4-2/h38,40,45-47,51-52H,3-37,39,41-44,49H2,1-2H3,(H,50,53)(H,54,55)/b40-38+. The molecule has 0 aliphatic rings. The van der Waals surface area contributed by atoms with Gasteiger partial charge in [0.1, 0.15) is 0 Å². The molecule has 4 atom stereocenters. The summed E-state index contributed by atoms with van der Waals surface area (Å²) in [7, 11) is -4.40. The second kappa shape index (κ2) is 44.3. The third-order valence-electron chi connectivity index (χ3n) is 11.4. The molecule has 0 fully saturated rings. The number of hydrogen-bond acceptors (Lipinski definition) is 7. The fourth-order valence-corrected chi connectivity index (χ4v) is 8.41. The van der Waals surface area contributed by atoms with Gasteiger partial charge in [0.15, 0.2) is 0 Å². The molecule has 0 aromatic heterocycles. The zero-order valence-electron chi connectivity index (χ0n) is 38.2. The zero-order chi connectivity index (χ0) is 42.6. The lowest BCUT2D eigenvalue weighted by atomic mass is 10.0. The Morgan fingerprint density at radius 3 is 1.33 bits per heavy atom. The van der Waals surface area contributed by atoms with Crippen LogP contribution in [0.15, 0.2) is 12.2 Å². The first-order chi connectivity index (χ1) is 28.3. The number of allylic oxidation sites excluding steroid dienone is 1. The number of aliphatic hydroxyl groups is 2. The van der Waals surface area contributed by atoms with Crippen molar-refractivity contribution in [2.45, 2.75) is 270 Å². The Morgan fingerprint density at radius 2 is 0.948 bits per heavy atom. The van der Waals surface area contributed by atoms with Gasteiger partial charge in [0.25, 0.3) is 0 Å². The maximum absolute atomic E-state index is 12.9. The van der Waals surface area contributed by atoms with Crippen LogP contribution < -0.4 is 11.1 Å². The minimum absolute atomic E-state index is 0.0517. The lowest BCUT2D eigenvalue weighted by Crippen LogP contribution is -2.46. The number of phosphoric ester groups is 1. The van der Waals surface area contributed by atoms with Crippen molar-refractivity contribution in [2.24, 2.45) is 5.73 Å². The van der Waals surface area contributed by atoms with Gasteiger partial charge in [-0.25, -0.2) is 4.57 Å². The van der Waals surface area contributed by atoms with Crippen LogP contribution in [0.25, 0.3) is 0 Å². The Bertz CT molecular complexity index is 940. The summed E-state index contributed by atoms with van der Waals surface area (Å²) in [6.07, 6.45) is 47.3.